The van der Waals surface area contributed by atoms with Gasteiger partial charge in [-0.2, -0.15) is 4.31 Å². The fourth-order valence-corrected chi connectivity index (χ4v) is 5.17. The molecule has 6 nitrogen and oxygen atoms in total. The number of rotatable bonds is 5. The maximum absolute atomic E-state index is 13.0. The first kappa shape index (κ1) is 16.5. The van der Waals surface area contributed by atoms with Crippen molar-refractivity contribution < 1.29 is 17.9 Å². The third-order valence-corrected chi connectivity index (χ3v) is 6.10. The van der Waals surface area contributed by atoms with Crippen molar-refractivity contribution in [3.63, 3.8) is 0 Å². The zero-order valence-electron chi connectivity index (χ0n) is 13.1. The molecule has 0 saturated carbocycles. The first-order valence-corrected chi connectivity index (χ1v) is 8.59. The molecule has 0 aromatic carbocycles. The second kappa shape index (κ2) is 6.08. The molecule has 2 heterocycles. The average molecular weight is 316 g/mol. The fraction of sp³-hybridized carbons (Fsp3) is 0.714. The van der Waals surface area contributed by atoms with Crippen LogP contribution in [0.25, 0.3) is 0 Å². The summed E-state index contributed by atoms with van der Waals surface area (Å²) in [6.45, 7) is 4.21. The van der Waals surface area contributed by atoms with E-state index in [1.54, 1.807) is 18.2 Å². The summed E-state index contributed by atoms with van der Waals surface area (Å²) in [5, 5.41) is 9.48. The lowest BCUT2D eigenvalue weighted by atomic mass is 10.2. The average Bonchev–Trinajstić information content (AvgIpc) is 2.93. The first-order valence-electron chi connectivity index (χ1n) is 7.15. The highest BCUT2D eigenvalue weighted by Crippen LogP contribution is 2.33. The van der Waals surface area contributed by atoms with Crippen molar-refractivity contribution in [1.29, 1.82) is 0 Å². The Labute approximate surface area is 126 Å². The Morgan fingerprint density at radius 2 is 2.00 bits per heavy atom. The molecular weight excluding hydrogens is 292 g/mol. The third-order valence-electron chi connectivity index (χ3n) is 3.95. The molecule has 1 N–H and O–H groups in total. The summed E-state index contributed by atoms with van der Waals surface area (Å²) >= 11 is 0. The zero-order valence-corrected chi connectivity index (χ0v) is 13.9. The summed E-state index contributed by atoms with van der Waals surface area (Å²) in [6.07, 6.45) is 1.73. The second-order valence-corrected chi connectivity index (χ2v) is 7.68. The SMILES string of the molecule is Cc1oc(C)c(S(=O)(=O)N2CCCC2CN(C)C)c1CO. The molecule has 1 atom stereocenters. The van der Waals surface area contributed by atoms with E-state index in [0.717, 1.165) is 12.8 Å². The molecule has 1 aliphatic rings. The Bertz CT molecular complexity index is 607. The minimum Gasteiger partial charge on any atom is -0.465 e. The van der Waals surface area contributed by atoms with Gasteiger partial charge in [0, 0.05) is 24.7 Å². The quantitative estimate of drug-likeness (QED) is 0.880. The van der Waals surface area contributed by atoms with Crippen LogP contribution in [0.3, 0.4) is 0 Å². The lowest BCUT2D eigenvalue weighted by Crippen LogP contribution is -2.41. The number of aryl methyl sites for hydroxylation is 2. The smallest absolute Gasteiger partial charge is 0.247 e. The van der Waals surface area contributed by atoms with Gasteiger partial charge in [0.25, 0.3) is 0 Å². The first-order chi connectivity index (χ1) is 9.78. The maximum atomic E-state index is 13.0. The molecule has 0 bridgehead atoms. The lowest BCUT2D eigenvalue weighted by Gasteiger charge is -2.26. The van der Waals surface area contributed by atoms with Gasteiger partial charge in [0.2, 0.25) is 10.0 Å². The van der Waals surface area contributed by atoms with E-state index in [1.807, 2.05) is 19.0 Å². The van der Waals surface area contributed by atoms with Crippen LogP contribution in [-0.4, -0.2) is 56.0 Å². The highest BCUT2D eigenvalue weighted by atomic mass is 32.2. The molecule has 120 valence electrons. The van der Waals surface area contributed by atoms with Crippen molar-refractivity contribution in [2.24, 2.45) is 0 Å². The summed E-state index contributed by atoms with van der Waals surface area (Å²) in [5.74, 6) is 0.823. The maximum Gasteiger partial charge on any atom is 0.247 e. The number of hydrogen-bond acceptors (Lipinski definition) is 5. The normalized spacial score (nSPS) is 20.6. The highest BCUT2D eigenvalue weighted by Gasteiger charge is 2.39. The van der Waals surface area contributed by atoms with E-state index >= 15 is 0 Å². The van der Waals surface area contributed by atoms with E-state index in [0.29, 0.717) is 30.2 Å². The van der Waals surface area contributed by atoms with E-state index in [4.69, 9.17) is 4.42 Å². The number of sulfonamides is 1. The monoisotopic (exact) mass is 316 g/mol. The van der Waals surface area contributed by atoms with Gasteiger partial charge in [0.05, 0.1) is 6.61 Å². The number of aliphatic hydroxyl groups excluding tert-OH is 1. The van der Waals surface area contributed by atoms with Gasteiger partial charge in [-0.1, -0.05) is 0 Å². The number of aliphatic hydroxyl groups is 1. The van der Waals surface area contributed by atoms with Crippen molar-refractivity contribution in [3.8, 4) is 0 Å². The van der Waals surface area contributed by atoms with Gasteiger partial charge in [-0.05, 0) is 40.8 Å². The van der Waals surface area contributed by atoms with Gasteiger partial charge >= 0.3 is 0 Å². The Morgan fingerprint density at radius 3 is 2.57 bits per heavy atom. The minimum atomic E-state index is -3.63. The molecule has 1 aliphatic heterocycles. The Kier molecular flexibility index (Phi) is 4.77. The summed E-state index contributed by atoms with van der Waals surface area (Å²) < 4.78 is 32.9. The molecule has 1 saturated heterocycles. The number of furan rings is 1. The van der Waals surface area contributed by atoms with E-state index in [2.05, 4.69) is 0 Å². The van der Waals surface area contributed by atoms with Crippen LogP contribution in [0.1, 0.15) is 29.9 Å². The molecule has 2 rings (SSSR count). The van der Waals surface area contributed by atoms with Crippen LogP contribution in [0.15, 0.2) is 9.31 Å². The van der Waals surface area contributed by atoms with Gasteiger partial charge in [-0.3, -0.25) is 0 Å². The molecule has 0 aliphatic carbocycles. The summed E-state index contributed by atoms with van der Waals surface area (Å²) in [7, 11) is 0.247. The number of nitrogens with zero attached hydrogens (tertiary/aromatic N) is 2. The lowest BCUT2D eigenvalue weighted by molar-refractivity contribution is 0.274. The van der Waals surface area contributed by atoms with Gasteiger partial charge in [0.1, 0.15) is 16.4 Å². The number of likely N-dealkylation sites (N-methyl/N-ethyl adjacent to an activating group) is 1. The highest BCUT2D eigenvalue weighted by molar-refractivity contribution is 7.89. The summed E-state index contributed by atoms with van der Waals surface area (Å²) in [5.41, 5.74) is 0.378. The van der Waals surface area contributed by atoms with Crippen molar-refractivity contribution >= 4 is 10.0 Å². The van der Waals surface area contributed by atoms with Crippen molar-refractivity contribution in [2.75, 3.05) is 27.2 Å². The van der Waals surface area contributed by atoms with Crippen LogP contribution in [0.5, 0.6) is 0 Å². The minimum absolute atomic E-state index is 0.0221. The topological polar surface area (TPSA) is 74.0 Å². The van der Waals surface area contributed by atoms with Crippen LogP contribution < -0.4 is 0 Å². The van der Waals surface area contributed by atoms with Gasteiger partial charge in [-0.15, -0.1) is 0 Å². The molecular formula is C14H24N2O4S. The van der Waals surface area contributed by atoms with Crippen LogP contribution in [0.2, 0.25) is 0 Å². The Morgan fingerprint density at radius 1 is 1.33 bits per heavy atom. The van der Waals surface area contributed by atoms with Crippen LogP contribution in [0.4, 0.5) is 0 Å². The van der Waals surface area contributed by atoms with Crippen molar-refractivity contribution in [3.05, 3.63) is 17.1 Å². The Balaban J connectivity index is 2.42. The van der Waals surface area contributed by atoms with Crippen LogP contribution in [-0.2, 0) is 16.6 Å². The molecule has 0 amide bonds. The predicted octanol–water partition coefficient (Wildman–Crippen LogP) is 1.10. The summed E-state index contributed by atoms with van der Waals surface area (Å²) in [4.78, 5) is 2.15. The van der Waals surface area contributed by atoms with E-state index in [1.165, 1.54) is 0 Å². The van der Waals surface area contributed by atoms with Gasteiger partial charge in [-0.25, -0.2) is 8.42 Å². The van der Waals surface area contributed by atoms with Crippen molar-refractivity contribution in [2.45, 2.75) is 44.2 Å². The molecule has 7 heteroatoms. The molecule has 1 aromatic rings. The van der Waals surface area contributed by atoms with Crippen LogP contribution >= 0.6 is 0 Å². The standard InChI is InChI=1S/C14H24N2O4S/c1-10-13(9-17)14(11(2)20-10)21(18,19)16-7-5-6-12(16)8-15(3)4/h12,17H,5-9H2,1-4H3. The fourth-order valence-electron chi connectivity index (χ4n) is 3.08. The Hall–Kier alpha value is -0.890. The molecule has 1 unspecified atom stereocenters. The van der Waals surface area contributed by atoms with Gasteiger partial charge in [0.15, 0.2) is 0 Å². The third kappa shape index (κ3) is 3.01. The zero-order chi connectivity index (χ0) is 15.8. The largest absolute Gasteiger partial charge is 0.465 e. The molecule has 0 radical (unpaired) electrons. The predicted molar refractivity (Wildman–Crippen MR) is 79.6 cm³/mol. The van der Waals surface area contributed by atoms with E-state index in [9.17, 15) is 13.5 Å². The van der Waals surface area contributed by atoms with E-state index in [-0.39, 0.29) is 17.5 Å². The molecule has 21 heavy (non-hydrogen) atoms. The van der Waals surface area contributed by atoms with E-state index < -0.39 is 10.0 Å². The molecule has 0 spiro atoms. The van der Waals surface area contributed by atoms with Crippen LogP contribution in [0, 0.1) is 13.8 Å². The molecule has 1 aromatic heterocycles. The van der Waals surface area contributed by atoms with Crippen molar-refractivity contribution in [1.82, 2.24) is 9.21 Å². The second-order valence-electron chi connectivity index (χ2n) is 5.85. The number of hydrogen-bond donors (Lipinski definition) is 1. The van der Waals surface area contributed by atoms with Gasteiger partial charge < -0.3 is 14.4 Å². The summed E-state index contributed by atoms with van der Waals surface area (Å²) in [6, 6.07) is -0.0221. The molecule has 1 fully saturated rings.